The van der Waals surface area contributed by atoms with E-state index < -0.39 is 17.3 Å². The summed E-state index contributed by atoms with van der Waals surface area (Å²) in [7, 11) is 0. The van der Waals surface area contributed by atoms with E-state index >= 15 is 0 Å². The molecule has 1 amide bonds. The topological polar surface area (TPSA) is 59.0 Å². The molecule has 2 saturated heterocycles. The van der Waals surface area contributed by atoms with Gasteiger partial charge in [-0.15, -0.1) is 0 Å². The van der Waals surface area contributed by atoms with E-state index in [9.17, 15) is 23.1 Å². The normalized spacial score (nSPS) is 21.0. The summed E-state index contributed by atoms with van der Waals surface area (Å²) in [4.78, 5) is 14.4. The number of likely N-dealkylation sites (tertiary alicyclic amines) is 1. The zero-order chi connectivity index (χ0) is 20.6. The fraction of sp³-hybridized carbons (Fsp3) is 0.381. The Morgan fingerprint density at radius 1 is 1.10 bits per heavy atom. The molecule has 0 bridgehead atoms. The standard InChI is InChI=1S/C21H20F3NO4/c22-21(23,24)16-5-7-17(8-6-16)29-18-9-10-25(11-18)19(26)14-1-3-15(4-2-14)20(27)12-28-13-20/h1-8,18,27H,9-13H2. The van der Waals surface area contributed by atoms with Gasteiger partial charge < -0.3 is 19.5 Å². The van der Waals surface area contributed by atoms with Crippen LogP contribution in [-0.2, 0) is 16.5 Å². The lowest BCUT2D eigenvalue weighted by Crippen LogP contribution is -2.46. The van der Waals surface area contributed by atoms with Crippen molar-refractivity contribution >= 4 is 5.91 Å². The Balaban J connectivity index is 1.35. The van der Waals surface area contributed by atoms with Gasteiger partial charge in [0.05, 0.1) is 25.3 Å². The number of carbonyl (C=O) groups is 1. The average Bonchev–Trinajstić information content (AvgIpc) is 3.14. The number of alkyl halides is 3. The molecule has 2 heterocycles. The number of halogens is 3. The summed E-state index contributed by atoms with van der Waals surface area (Å²) in [6.07, 6.45) is -4.06. The van der Waals surface area contributed by atoms with E-state index in [-0.39, 0.29) is 25.2 Å². The molecule has 154 valence electrons. The van der Waals surface area contributed by atoms with E-state index in [1.807, 2.05) is 0 Å². The third kappa shape index (κ3) is 4.09. The first-order chi connectivity index (χ1) is 13.7. The molecule has 2 aliphatic rings. The van der Waals surface area contributed by atoms with E-state index in [0.29, 0.717) is 36.4 Å². The van der Waals surface area contributed by atoms with Gasteiger partial charge in [0.2, 0.25) is 0 Å². The number of rotatable bonds is 4. The Morgan fingerprint density at radius 2 is 1.76 bits per heavy atom. The molecule has 1 N–H and O–H groups in total. The zero-order valence-corrected chi connectivity index (χ0v) is 15.5. The number of aliphatic hydroxyl groups is 1. The summed E-state index contributed by atoms with van der Waals surface area (Å²) in [5.74, 6) is 0.199. The number of hydrogen-bond acceptors (Lipinski definition) is 4. The lowest BCUT2D eigenvalue weighted by molar-refractivity contribution is -0.184. The molecule has 2 aromatic rings. The predicted octanol–water partition coefficient (Wildman–Crippen LogP) is 3.22. The van der Waals surface area contributed by atoms with Crippen molar-refractivity contribution in [1.82, 2.24) is 4.90 Å². The minimum Gasteiger partial charge on any atom is -0.489 e. The fourth-order valence-electron chi connectivity index (χ4n) is 3.49. The first kappa shape index (κ1) is 19.7. The summed E-state index contributed by atoms with van der Waals surface area (Å²) in [6, 6.07) is 11.4. The second-order valence-electron chi connectivity index (χ2n) is 7.40. The zero-order valence-electron chi connectivity index (χ0n) is 15.5. The molecular weight excluding hydrogens is 387 g/mol. The largest absolute Gasteiger partial charge is 0.489 e. The summed E-state index contributed by atoms with van der Waals surface area (Å²) >= 11 is 0. The number of carbonyl (C=O) groups excluding carboxylic acids is 1. The van der Waals surface area contributed by atoms with Gasteiger partial charge in [-0.1, -0.05) is 12.1 Å². The van der Waals surface area contributed by atoms with Gasteiger partial charge in [-0.25, -0.2) is 0 Å². The van der Waals surface area contributed by atoms with Crippen molar-refractivity contribution in [3.63, 3.8) is 0 Å². The molecule has 0 aliphatic carbocycles. The van der Waals surface area contributed by atoms with Crippen molar-refractivity contribution < 1.29 is 32.5 Å². The molecule has 0 aromatic heterocycles. The van der Waals surface area contributed by atoms with Crippen molar-refractivity contribution in [3.8, 4) is 5.75 Å². The summed E-state index contributed by atoms with van der Waals surface area (Å²) < 4.78 is 48.7. The van der Waals surface area contributed by atoms with Gasteiger partial charge in [0, 0.05) is 18.5 Å². The smallest absolute Gasteiger partial charge is 0.416 e. The lowest BCUT2D eigenvalue weighted by Gasteiger charge is -2.36. The van der Waals surface area contributed by atoms with E-state index in [0.717, 1.165) is 12.1 Å². The molecule has 4 rings (SSSR count). The molecule has 0 spiro atoms. The van der Waals surface area contributed by atoms with Gasteiger partial charge in [0.25, 0.3) is 5.91 Å². The fourth-order valence-corrected chi connectivity index (χ4v) is 3.49. The molecule has 2 aromatic carbocycles. The molecule has 29 heavy (non-hydrogen) atoms. The van der Waals surface area contributed by atoms with E-state index in [4.69, 9.17) is 9.47 Å². The number of ether oxygens (including phenoxy) is 2. The van der Waals surface area contributed by atoms with Crippen molar-refractivity contribution in [1.29, 1.82) is 0 Å². The lowest BCUT2D eigenvalue weighted by atomic mass is 9.91. The van der Waals surface area contributed by atoms with Crippen LogP contribution in [0.1, 0.15) is 27.9 Å². The van der Waals surface area contributed by atoms with Gasteiger partial charge in [-0.3, -0.25) is 4.79 Å². The molecule has 5 nitrogen and oxygen atoms in total. The Bertz CT molecular complexity index is 876. The van der Waals surface area contributed by atoms with Crippen molar-refractivity contribution in [3.05, 3.63) is 65.2 Å². The van der Waals surface area contributed by atoms with Gasteiger partial charge in [0.15, 0.2) is 0 Å². The number of nitrogens with zero attached hydrogens (tertiary/aromatic N) is 1. The van der Waals surface area contributed by atoms with Gasteiger partial charge in [-0.05, 0) is 42.0 Å². The minimum absolute atomic E-state index is 0.146. The highest BCUT2D eigenvalue weighted by atomic mass is 19.4. The maximum absolute atomic E-state index is 12.7. The third-order valence-corrected chi connectivity index (χ3v) is 5.27. The van der Waals surface area contributed by atoms with Crippen LogP contribution in [0.25, 0.3) is 0 Å². The Kier molecular flexibility index (Phi) is 5.00. The first-order valence-electron chi connectivity index (χ1n) is 9.28. The number of benzene rings is 2. The monoisotopic (exact) mass is 407 g/mol. The van der Waals surface area contributed by atoms with Crippen LogP contribution in [0.5, 0.6) is 5.75 Å². The highest BCUT2D eigenvalue weighted by Crippen LogP contribution is 2.31. The van der Waals surface area contributed by atoms with Crippen LogP contribution in [-0.4, -0.2) is 48.3 Å². The van der Waals surface area contributed by atoms with Crippen LogP contribution in [0.3, 0.4) is 0 Å². The van der Waals surface area contributed by atoms with Crippen LogP contribution < -0.4 is 4.74 Å². The molecule has 0 radical (unpaired) electrons. The first-order valence-corrected chi connectivity index (χ1v) is 9.28. The van der Waals surface area contributed by atoms with Crippen LogP contribution >= 0.6 is 0 Å². The van der Waals surface area contributed by atoms with Gasteiger partial charge in [-0.2, -0.15) is 13.2 Å². The average molecular weight is 407 g/mol. The highest BCUT2D eigenvalue weighted by molar-refractivity contribution is 5.94. The maximum atomic E-state index is 12.7. The van der Waals surface area contributed by atoms with Gasteiger partial charge >= 0.3 is 6.18 Å². The van der Waals surface area contributed by atoms with Crippen LogP contribution in [0.4, 0.5) is 13.2 Å². The molecule has 2 fully saturated rings. The maximum Gasteiger partial charge on any atom is 0.416 e. The molecule has 2 aliphatic heterocycles. The third-order valence-electron chi connectivity index (χ3n) is 5.27. The van der Waals surface area contributed by atoms with Crippen LogP contribution in [0, 0.1) is 0 Å². The second kappa shape index (κ2) is 7.35. The highest BCUT2D eigenvalue weighted by Gasteiger charge is 2.38. The number of hydrogen-bond donors (Lipinski definition) is 1. The SMILES string of the molecule is O=C(c1ccc(C2(O)COC2)cc1)N1CCC(Oc2ccc(C(F)(F)F)cc2)C1. The van der Waals surface area contributed by atoms with Crippen LogP contribution in [0.2, 0.25) is 0 Å². The predicted molar refractivity (Wildman–Crippen MR) is 97.5 cm³/mol. The summed E-state index contributed by atoms with van der Waals surface area (Å²) in [6.45, 7) is 1.35. The Hall–Kier alpha value is -2.58. The van der Waals surface area contributed by atoms with Crippen molar-refractivity contribution in [2.45, 2.75) is 24.3 Å². The van der Waals surface area contributed by atoms with Crippen molar-refractivity contribution in [2.75, 3.05) is 26.3 Å². The van der Waals surface area contributed by atoms with Crippen molar-refractivity contribution in [2.24, 2.45) is 0 Å². The molecule has 8 heteroatoms. The van der Waals surface area contributed by atoms with Gasteiger partial charge in [0.1, 0.15) is 17.5 Å². The summed E-state index contributed by atoms with van der Waals surface area (Å²) in [5, 5.41) is 10.3. The Morgan fingerprint density at radius 3 is 2.31 bits per heavy atom. The molecule has 1 atom stereocenters. The molecule has 0 saturated carbocycles. The van der Waals surface area contributed by atoms with Crippen LogP contribution in [0.15, 0.2) is 48.5 Å². The number of amides is 1. The molecule has 1 unspecified atom stereocenters. The Labute approximate surface area is 165 Å². The quantitative estimate of drug-likeness (QED) is 0.846. The second-order valence-corrected chi connectivity index (χ2v) is 7.40. The molecular formula is C21H20F3NO4. The minimum atomic E-state index is -4.38. The summed E-state index contributed by atoms with van der Waals surface area (Å²) in [5.41, 5.74) is -0.483. The van der Waals surface area contributed by atoms with E-state index in [1.54, 1.807) is 29.2 Å². The van der Waals surface area contributed by atoms with E-state index in [2.05, 4.69) is 0 Å². The van der Waals surface area contributed by atoms with E-state index in [1.165, 1.54) is 12.1 Å².